The first kappa shape index (κ1) is 33.7. The second kappa shape index (κ2) is 13.4. The zero-order valence-electron chi connectivity index (χ0n) is 24.5. The Bertz CT molecular complexity index is 1640. The molecule has 0 fully saturated rings. The molecular formula is C30H32F4N4O6S. The number of carbonyl (C=O) groups is 2. The second-order valence-corrected chi connectivity index (χ2v) is 12.7. The van der Waals surface area contributed by atoms with Crippen LogP contribution in [0.3, 0.4) is 0 Å². The van der Waals surface area contributed by atoms with Crippen LogP contribution in [0.25, 0.3) is 0 Å². The molecule has 0 saturated carbocycles. The molecule has 0 spiro atoms. The molecule has 3 N–H and O–H groups in total. The van der Waals surface area contributed by atoms with E-state index in [1.54, 1.807) is 13.8 Å². The standard InChI is InChI=1S/C30H32F4N4O6S/c1-18-15-38(19(2)17-39)28(40)24-5-4-6-25(36-29(41)35-22-11-7-20(8-12-22)30(32,33)34)27(24)44-26(18)16-37(3)45(42,43)23-13-9-21(31)10-14-23/h4-14,18-19,26,39H,15-17H2,1-3H3,(H2,35,36,41)/t18-,19-,26-/m1/s1. The van der Waals surface area contributed by atoms with Crippen LogP contribution < -0.4 is 15.4 Å². The van der Waals surface area contributed by atoms with Gasteiger partial charge >= 0.3 is 12.2 Å². The van der Waals surface area contributed by atoms with E-state index in [2.05, 4.69) is 10.6 Å². The fraction of sp³-hybridized carbons (Fsp3) is 0.333. The molecule has 1 aliphatic rings. The number of amides is 3. The number of hydrogen-bond acceptors (Lipinski definition) is 6. The maximum atomic E-state index is 13.7. The number of aliphatic hydroxyl groups is 1. The number of benzene rings is 3. The average Bonchev–Trinajstić information content (AvgIpc) is 2.98. The van der Waals surface area contributed by atoms with Crippen molar-refractivity contribution in [3.8, 4) is 5.75 Å². The number of nitrogens with one attached hydrogen (secondary N) is 2. The van der Waals surface area contributed by atoms with Gasteiger partial charge in [0.25, 0.3) is 5.91 Å². The average molecular weight is 653 g/mol. The Balaban J connectivity index is 1.65. The van der Waals surface area contributed by atoms with Crippen LogP contribution >= 0.6 is 0 Å². The fourth-order valence-corrected chi connectivity index (χ4v) is 5.91. The lowest BCUT2D eigenvalue weighted by Gasteiger charge is -2.38. The van der Waals surface area contributed by atoms with E-state index < -0.39 is 57.6 Å². The number of carbonyl (C=O) groups excluding carboxylic acids is 2. The van der Waals surface area contributed by atoms with Crippen molar-refractivity contribution in [1.82, 2.24) is 9.21 Å². The van der Waals surface area contributed by atoms with Crippen molar-refractivity contribution in [2.45, 2.75) is 37.1 Å². The Morgan fingerprint density at radius 3 is 2.33 bits per heavy atom. The summed E-state index contributed by atoms with van der Waals surface area (Å²) < 4.78 is 86.1. The van der Waals surface area contributed by atoms with E-state index in [-0.39, 0.29) is 47.3 Å². The molecule has 3 amide bonds. The molecule has 15 heteroatoms. The molecule has 0 unspecified atom stereocenters. The number of halogens is 4. The van der Waals surface area contributed by atoms with Crippen LogP contribution in [0.5, 0.6) is 5.75 Å². The summed E-state index contributed by atoms with van der Waals surface area (Å²) in [7, 11) is -2.75. The first-order chi connectivity index (χ1) is 21.1. The van der Waals surface area contributed by atoms with E-state index in [4.69, 9.17) is 4.74 Å². The Hall–Kier alpha value is -4.21. The molecule has 0 aromatic heterocycles. The molecule has 3 aromatic carbocycles. The highest BCUT2D eigenvalue weighted by Crippen LogP contribution is 2.36. The summed E-state index contributed by atoms with van der Waals surface area (Å²) in [5.74, 6) is -1.66. The number of likely N-dealkylation sites (N-methyl/N-ethyl adjacent to an activating group) is 1. The van der Waals surface area contributed by atoms with Gasteiger partial charge in [-0.25, -0.2) is 17.6 Å². The van der Waals surface area contributed by atoms with Crippen molar-refractivity contribution in [3.05, 3.63) is 83.7 Å². The van der Waals surface area contributed by atoms with E-state index in [1.807, 2.05) is 0 Å². The summed E-state index contributed by atoms with van der Waals surface area (Å²) in [6.45, 7) is 2.92. The number of sulfonamides is 1. The smallest absolute Gasteiger partial charge is 0.416 e. The van der Waals surface area contributed by atoms with Gasteiger partial charge in [-0.3, -0.25) is 4.79 Å². The number of hydrogen-bond donors (Lipinski definition) is 3. The minimum atomic E-state index is -4.55. The maximum Gasteiger partial charge on any atom is 0.416 e. The van der Waals surface area contributed by atoms with Gasteiger partial charge in [-0.1, -0.05) is 13.0 Å². The second-order valence-electron chi connectivity index (χ2n) is 10.7. The highest BCUT2D eigenvalue weighted by Gasteiger charge is 2.36. The summed E-state index contributed by atoms with van der Waals surface area (Å²) in [6, 6.07) is 11.1. The molecule has 0 bridgehead atoms. The van der Waals surface area contributed by atoms with Crippen LogP contribution in [-0.4, -0.2) is 73.6 Å². The molecule has 242 valence electrons. The normalized spacial score (nSPS) is 18.0. The third-order valence-electron chi connectivity index (χ3n) is 7.37. The Morgan fingerprint density at radius 2 is 1.73 bits per heavy atom. The van der Waals surface area contributed by atoms with Crippen molar-refractivity contribution >= 4 is 33.3 Å². The van der Waals surface area contributed by atoms with E-state index in [0.717, 1.165) is 52.8 Å². The summed E-state index contributed by atoms with van der Waals surface area (Å²) in [5, 5.41) is 14.9. The van der Waals surface area contributed by atoms with Crippen LogP contribution in [0.2, 0.25) is 0 Å². The zero-order chi connectivity index (χ0) is 33.1. The van der Waals surface area contributed by atoms with Gasteiger partial charge < -0.3 is 25.4 Å². The van der Waals surface area contributed by atoms with Crippen LogP contribution in [0.4, 0.5) is 33.7 Å². The third-order valence-corrected chi connectivity index (χ3v) is 9.21. The fourth-order valence-electron chi connectivity index (χ4n) is 4.72. The number of urea groups is 1. The van der Waals surface area contributed by atoms with Crippen molar-refractivity contribution in [2.24, 2.45) is 5.92 Å². The first-order valence-electron chi connectivity index (χ1n) is 13.8. The molecule has 1 heterocycles. The number of nitrogens with zero attached hydrogens (tertiary/aromatic N) is 2. The predicted molar refractivity (Wildman–Crippen MR) is 158 cm³/mol. The summed E-state index contributed by atoms with van der Waals surface area (Å²) in [5.41, 5.74) is -0.759. The Morgan fingerprint density at radius 1 is 1.09 bits per heavy atom. The quantitative estimate of drug-likeness (QED) is 0.293. The summed E-state index contributed by atoms with van der Waals surface area (Å²) in [6.07, 6.45) is -5.43. The molecule has 3 atom stereocenters. The van der Waals surface area contributed by atoms with E-state index in [1.165, 1.54) is 30.1 Å². The molecule has 0 aliphatic carbocycles. The maximum absolute atomic E-state index is 13.7. The van der Waals surface area contributed by atoms with E-state index in [9.17, 15) is 40.7 Å². The van der Waals surface area contributed by atoms with Crippen LogP contribution in [0.1, 0.15) is 29.8 Å². The van der Waals surface area contributed by atoms with Crippen LogP contribution in [0.15, 0.2) is 71.6 Å². The Labute approximate surface area is 257 Å². The van der Waals surface area contributed by atoms with Gasteiger partial charge in [0, 0.05) is 25.2 Å². The number of aliphatic hydroxyl groups excluding tert-OH is 1. The Kier molecular flexibility index (Phi) is 10.0. The molecular weight excluding hydrogens is 620 g/mol. The predicted octanol–water partition coefficient (Wildman–Crippen LogP) is 5.03. The van der Waals surface area contributed by atoms with Gasteiger partial charge in [0.15, 0.2) is 5.75 Å². The largest absolute Gasteiger partial charge is 0.486 e. The SMILES string of the molecule is C[C@@H]1CN([C@H](C)CO)C(=O)c2cccc(NC(=O)Nc3ccc(C(F)(F)F)cc3)c2O[C@@H]1CN(C)S(=O)(=O)c1ccc(F)cc1. The molecule has 45 heavy (non-hydrogen) atoms. The molecule has 10 nitrogen and oxygen atoms in total. The van der Waals surface area contributed by atoms with Gasteiger partial charge in [0.2, 0.25) is 10.0 Å². The number of rotatable bonds is 8. The van der Waals surface area contributed by atoms with Gasteiger partial charge in [-0.05, 0) is 67.6 Å². The minimum Gasteiger partial charge on any atom is -0.486 e. The van der Waals surface area contributed by atoms with Crippen LogP contribution in [-0.2, 0) is 16.2 Å². The minimum absolute atomic E-state index is 0.0311. The van der Waals surface area contributed by atoms with Crippen molar-refractivity contribution in [3.63, 3.8) is 0 Å². The molecule has 4 rings (SSSR count). The topological polar surface area (TPSA) is 128 Å². The van der Waals surface area contributed by atoms with Crippen molar-refractivity contribution in [2.75, 3.05) is 37.4 Å². The van der Waals surface area contributed by atoms with Gasteiger partial charge in [-0.2, -0.15) is 17.5 Å². The van der Waals surface area contributed by atoms with Gasteiger partial charge in [0.1, 0.15) is 11.9 Å². The molecule has 0 saturated heterocycles. The van der Waals surface area contributed by atoms with E-state index in [0.29, 0.717) is 0 Å². The zero-order valence-corrected chi connectivity index (χ0v) is 25.3. The highest BCUT2D eigenvalue weighted by molar-refractivity contribution is 7.89. The summed E-state index contributed by atoms with van der Waals surface area (Å²) in [4.78, 5) is 27.8. The number of anilines is 2. The molecule has 0 radical (unpaired) electrons. The van der Waals surface area contributed by atoms with Gasteiger partial charge in [0.05, 0.1) is 40.9 Å². The lowest BCUT2D eigenvalue weighted by molar-refractivity contribution is -0.137. The lowest BCUT2D eigenvalue weighted by Crippen LogP contribution is -2.50. The number of para-hydroxylation sites is 1. The van der Waals surface area contributed by atoms with Gasteiger partial charge in [-0.15, -0.1) is 0 Å². The monoisotopic (exact) mass is 652 g/mol. The highest BCUT2D eigenvalue weighted by atomic mass is 32.2. The third kappa shape index (κ3) is 7.72. The number of alkyl halides is 3. The van der Waals surface area contributed by atoms with Crippen molar-refractivity contribution < 1.29 is 45.4 Å². The molecule has 1 aliphatic heterocycles. The lowest BCUT2D eigenvalue weighted by atomic mass is 9.99. The first-order valence-corrected chi connectivity index (χ1v) is 15.2. The number of fused-ring (bicyclic) bond motifs is 1. The van der Waals surface area contributed by atoms with Crippen LogP contribution in [0, 0.1) is 11.7 Å². The summed E-state index contributed by atoms with van der Waals surface area (Å²) >= 11 is 0. The van der Waals surface area contributed by atoms with Crippen molar-refractivity contribution in [1.29, 1.82) is 0 Å². The number of ether oxygens (including phenoxy) is 1. The molecule has 3 aromatic rings. The van der Waals surface area contributed by atoms with E-state index >= 15 is 0 Å².